The molecule has 0 radical (unpaired) electrons. The van der Waals surface area contributed by atoms with Crippen LogP contribution in [0.1, 0.15) is 140 Å². The van der Waals surface area contributed by atoms with Crippen molar-refractivity contribution in [3.05, 3.63) is 53.7 Å². The molecule has 0 saturated carbocycles. The Morgan fingerprint density at radius 3 is 2.04 bits per heavy atom. The topological polar surface area (TPSA) is 218 Å². The summed E-state index contributed by atoms with van der Waals surface area (Å²) in [6.07, 6.45) is 17.7. The maximum Gasteiger partial charge on any atom is 0.472 e. The number of phosphoric ester groups is 1. The van der Waals surface area contributed by atoms with Gasteiger partial charge in [-0.1, -0.05) is 110 Å². The number of anilines is 1. The van der Waals surface area contributed by atoms with E-state index in [0.717, 1.165) is 38.8 Å². The van der Waals surface area contributed by atoms with Gasteiger partial charge in [-0.05, 0) is 37.1 Å². The van der Waals surface area contributed by atoms with Gasteiger partial charge in [-0.3, -0.25) is 9.05 Å². The molecule has 5 N–H and O–H groups in total. The number of ether oxygens (including phenoxy) is 2. The third-order valence-electron chi connectivity index (χ3n) is 10.0. The number of halogens is 1. The van der Waals surface area contributed by atoms with Gasteiger partial charge in [0.15, 0.2) is 5.82 Å². The van der Waals surface area contributed by atoms with Gasteiger partial charge >= 0.3 is 7.82 Å². The molecule has 0 spiro atoms. The second-order valence-electron chi connectivity index (χ2n) is 14.3. The van der Waals surface area contributed by atoms with E-state index >= 15 is 0 Å². The van der Waals surface area contributed by atoms with Gasteiger partial charge < -0.3 is 30.3 Å². The minimum absolute atomic E-state index is 0.0466. The molecule has 16 heteroatoms. The van der Waals surface area contributed by atoms with Crippen LogP contribution in [0.2, 0.25) is 0 Å². The number of nitrogens with zero attached hydrogens (tertiary/aromatic N) is 5. The van der Waals surface area contributed by atoms with E-state index in [2.05, 4.69) is 17.0 Å². The SMILES string of the molecule is CCCCCCCCCCCCCCCCCCC[C@H](COP(=O)(O)OC[C@@](C#N)(OC)[C@@H](O)[C@@H](O)c1ccc2c(N)ncnn12)Oc1ccc(C#N)c(F)c1. The first kappa shape index (κ1) is 46.7. The van der Waals surface area contributed by atoms with Crippen LogP contribution >= 0.6 is 7.82 Å². The van der Waals surface area contributed by atoms with Crippen molar-refractivity contribution in [1.82, 2.24) is 14.6 Å². The normalized spacial score (nSPS) is 15.4. The summed E-state index contributed by atoms with van der Waals surface area (Å²) in [6, 6.07) is 10.2. The molecule has 2 heterocycles. The van der Waals surface area contributed by atoms with E-state index in [1.807, 2.05) is 0 Å². The maximum absolute atomic E-state index is 14.4. The fourth-order valence-electron chi connectivity index (χ4n) is 6.54. The number of nitrogen functional groups attached to an aromatic ring is 1. The standard InChI is InChI=1S/C40H60FN6O8P/c1-3-4-5-6-7-8-9-10-11-12-13-14-15-16-17-18-19-20-33(55-32-22-21-31(26-42)34(41)25-32)27-53-56(50,51)54-29-40(28-43,52-2)38(49)37(48)35-23-24-36-39(44)45-30-46-47(35)36/h21-25,30,33,37-38,48-49H,3-20,27,29H2,1-2H3,(H,50,51)(H2,44,45,46)/t33-,37+,38+,40-/m1/s1. The molecule has 0 aliphatic heterocycles. The van der Waals surface area contributed by atoms with E-state index in [-0.39, 0.29) is 22.8 Å². The number of benzene rings is 1. The first-order chi connectivity index (χ1) is 27.0. The number of nitriles is 2. The van der Waals surface area contributed by atoms with Crippen LogP contribution in [0.15, 0.2) is 36.7 Å². The average molecular weight is 803 g/mol. The number of unbranched alkanes of at least 4 members (excludes halogenated alkanes) is 16. The predicted octanol–water partition coefficient (Wildman–Crippen LogP) is 8.25. The molecule has 0 aliphatic carbocycles. The van der Waals surface area contributed by atoms with E-state index in [0.29, 0.717) is 18.4 Å². The smallest absolute Gasteiger partial charge is 0.472 e. The quantitative estimate of drug-likeness (QED) is 0.0369. The number of aliphatic hydroxyl groups excluding tert-OH is 2. The second kappa shape index (κ2) is 24.9. The minimum atomic E-state index is -4.91. The number of fused-ring (bicyclic) bond motifs is 1. The summed E-state index contributed by atoms with van der Waals surface area (Å²) in [5.74, 6) is -0.541. The highest BCUT2D eigenvalue weighted by atomic mass is 31.2. The number of rotatable bonds is 30. The third kappa shape index (κ3) is 15.0. The highest BCUT2D eigenvalue weighted by molar-refractivity contribution is 7.47. The molecule has 0 aliphatic rings. The molecule has 5 atom stereocenters. The highest BCUT2D eigenvalue weighted by Crippen LogP contribution is 2.45. The van der Waals surface area contributed by atoms with Gasteiger partial charge in [0, 0.05) is 13.2 Å². The van der Waals surface area contributed by atoms with E-state index < -0.39 is 50.8 Å². The van der Waals surface area contributed by atoms with Crippen LogP contribution < -0.4 is 10.5 Å². The number of aliphatic hydroxyl groups is 2. The van der Waals surface area contributed by atoms with Crippen LogP contribution in [0.5, 0.6) is 5.75 Å². The van der Waals surface area contributed by atoms with Crippen molar-refractivity contribution in [3.63, 3.8) is 0 Å². The van der Waals surface area contributed by atoms with Crippen molar-refractivity contribution in [2.45, 2.75) is 146 Å². The maximum atomic E-state index is 14.4. The number of phosphoric acid groups is 1. The lowest BCUT2D eigenvalue weighted by molar-refractivity contribution is -0.134. The average Bonchev–Trinajstić information content (AvgIpc) is 3.64. The van der Waals surface area contributed by atoms with E-state index in [1.165, 1.54) is 112 Å². The molecule has 0 amide bonds. The summed E-state index contributed by atoms with van der Waals surface area (Å²) < 4.78 is 50.2. The Labute approximate surface area is 330 Å². The molecule has 56 heavy (non-hydrogen) atoms. The van der Waals surface area contributed by atoms with Gasteiger partial charge in [-0.15, -0.1) is 0 Å². The molecule has 3 aromatic rings. The van der Waals surface area contributed by atoms with E-state index in [9.17, 15) is 29.3 Å². The number of hydrogen-bond acceptors (Lipinski definition) is 12. The summed E-state index contributed by atoms with van der Waals surface area (Å²) in [5.41, 5.74) is 3.77. The number of methoxy groups -OCH3 is 1. The molecule has 0 saturated heterocycles. The van der Waals surface area contributed by atoms with Gasteiger partial charge in [-0.2, -0.15) is 15.6 Å². The van der Waals surface area contributed by atoms with Gasteiger partial charge in [-0.25, -0.2) is 18.5 Å². The molecule has 1 aromatic carbocycles. The van der Waals surface area contributed by atoms with Crippen LogP contribution in [0.3, 0.4) is 0 Å². The number of aromatic nitrogens is 3. The fourth-order valence-corrected chi connectivity index (χ4v) is 7.32. The lowest BCUT2D eigenvalue weighted by Gasteiger charge is -2.33. The van der Waals surface area contributed by atoms with Gasteiger partial charge in [0.25, 0.3) is 0 Å². The van der Waals surface area contributed by atoms with Crippen molar-refractivity contribution < 1.29 is 42.6 Å². The molecule has 3 rings (SSSR count). The lowest BCUT2D eigenvalue weighted by atomic mass is 9.93. The Bertz CT molecular complexity index is 1730. The van der Waals surface area contributed by atoms with Crippen LogP contribution in [0.4, 0.5) is 10.2 Å². The van der Waals surface area contributed by atoms with Crippen molar-refractivity contribution in [1.29, 1.82) is 10.5 Å². The molecule has 0 fully saturated rings. The summed E-state index contributed by atoms with van der Waals surface area (Å²) >= 11 is 0. The Balaban J connectivity index is 1.48. The second-order valence-corrected chi connectivity index (χ2v) is 15.7. The number of nitrogens with two attached hydrogens (primary N) is 1. The van der Waals surface area contributed by atoms with Crippen LogP contribution in [0.25, 0.3) is 5.52 Å². The Kier molecular flexibility index (Phi) is 20.7. The van der Waals surface area contributed by atoms with Crippen LogP contribution in [-0.2, 0) is 18.3 Å². The van der Waals surface area contributed by atoms with Crippen molar-refractivity contribution >= 4 is 19.2 Å². The van der Waals surface area contributed by atoms with Crippen LogP contribution in [-0.4, -0.2) is 67.8 Å². The molecule has 1 unspecified atom stereocenters. The van der Waals surface area contributed by atoms with E-state index in [4.69, 9.17) is 29.5 Å². The van der Waals surface area contributed by atoms with Gasteiger partial charge in [0.2, 0.25) is 5.60 Å². The zero-order valence-corrected chi connectivity index (χ0v) is 33.8. The van der Waals surface area contributed by atoms with Crippen molar-refractivity contribution in [2.24, 2.45) is 0 Å². The Hall–Kier alpha value is -3.66. The van der Waals surface area contributed by atoms with Gasteiger partial charge in [0.05, 0.1) is 17.9 Å². The summed E-state index contributed by atoms with van der Waals surface area (Å²) in [7, 11) is -3.84. The Morgan fingerprint density at radius 2 is 1.50 bits per heavy atom. The molecule has 0 bridgehead atoms. The van der Waals surface area contributed by atoms with Crippen LogP contribution in [0, 0.1) is 28.5 Å². The monoisotopic (exact) mass is 802 g/mol. The zero-order chi connectivity index (χ0) is 40.8. The Morgan fingerprint density at radius 1 is 0.911 bits per heavy atom. The molecule has 14 nitrogen and oxygen atoms in total. The zero-order valence-electron chi connectivity index (χ0n) is 32.9. The molecular weight excluding hydrogens is 742 g/mol. The first-order valence-corrected chi connectivity index (χ1v) is 21.4. The summed E-state index contributed by atoms with van der Waals surface area (Å²) in [4.78, 5) is 14.5. The fraction of sp³-hybridized carbons (Fsp3) is 0.650. The van der Waals surface area contributed by atoms with E-state index in [1.54, 1.807) is 12.1 Å². The lowest BCUT2D eigenvalue weighted by Crippen LogP contribution is -2.50. The minimum Gasteiger partial charge on any atom is -0.488 e. The molecule has 310 valence electrons. The molecular formula is C40H60FN6O8P. The summed E-state index contributed by atoms with van der Waals surface area (Å²) in [6.45, 7) is 0.831. The largest absolute Gasteiger partial charge is 0.488 e. The predicted molar refractivity (Wildman–Crippen MR) is 210 cm³/mol. The number of hydrogen-bond donors (Lipinski definition) is 4. The third-order valence-corrected chi connectivity index (χ3v) is 10.9. The summed E-state index contributed by atoms with van der Waals surface area (Å²) in [5, 5.41) is 45.2. The highest BCUT2D eigenvalue weighted by Gasteiger charge is 2.46. The van der Waals surface area contributed by atoms with Crippen molar-refractivity contribution in [2.75, 3.05) is 26.1 Å². The molecule has 2 aromatic heterocycles. The van der Waals surface area contributed by atoms with Crippen molar-refractivity contribution in [3.8, 4) is 17.9 Å². The van der Waals surface area contributed by atoms with Gasteiger partial charge in [0.1, 0.15) is 60.5 Å². The first-order valence-electron chi connectivity index (χ1n) is 19.9.